The highest BCUT2D eigenvalue weighted by Crippen LogP contribution is 2.26. The van der Waals surface area contributed by atoms with Crippen LogP contribution >= 0.6 is 11.3 Å². The molecule has 9 heteroatoms. The molecule has 3 N–H and O–H groups in total. The van der Waals surface area contributed by atoms with E-state index in [0.29, 0.717) is 5.69 Å². The SMILES string of the molecule is Cc1ccncc1NC(=O)c1ccc(NS(=O)(=O)c2cccs2)cc1O. The molecule has 0 fully saturated rings. The maximum absolute atomic E-state index is 12.3. The molecule has 2 heterocycles. The highest BCUT2D eigenvalue weighted by Gasteiger charge is 2.18. The largest absolute Gasteiger partial charge is 0.507 e. The lowest BCUT2D eigenvalue weighted by Gasteiger charge is -2.11. The van der Waals surface area contributed by atoms with Gasteiger partial charge in [-0.15, -0.1) is 11.3 Å². The summed E-state index contributed by atoms with van der Waals surface area (Å²) in [5.74, 6) is -0.860. The molecule has 0 unspecified atom stereocenters. The summed E-state index contributed by atoms with van der Waals surface area (Å²) < 4.78 is 26.9. The first-order valence-electron chi connectivity index (χ1n) is 7.48. The van der Waals surface area contributed by atoms with Crippen LogP contribution in [0.1, 0.15) is 15.9 Å². The summed E-state index contributed by atoms with van der Waals surface area (Å²) in [5.41, 5.74) is 1.53. The van der Waals surface area contributed by atoms with Gasteiger partial charge in [0.25, 0.3) is 15.9 Å². The maximum Gasteiger partial charge on any atom is 0.271 e. The molecule has 3 aromatic rings. The number of thiophene rings is 1. The molecule has 0 aliphatic rings. The van der Waals surface area contributed by atoms with Crippen LogP contribution in [0.25, 0.3) is 0 Å². The molecule has 0 saturated carbocycles. The molecule has 0 spiro atoms. The summed E-state index contributed by atoms with van der Waals surface area (Å²) in [6, 6.07) is 8.81. The van der Waals surface area contributed by atoms with Crippen molar-refractivity contribution < 1.29 is 18.3 Å². The number of sulfonamides is 1. The smallest absolute Gasteiger partial charge is 0.271 e. The Morgan fingerprint density at radius 2 is 2.04 bits per heavy atom. The number of hydrogen-bond acceptors (Lipinski definition) is 6. The van der Waals surface area contributed by atoms with Gasteiger partial charge in [0.15, 0.2) is 0 Å². The highest BCUT2D eigenvalue weighted by molar-refractivity contribution is 7.94. The van der Waals surface area contributed by atoms with Crippen molar-refractivity contribution in [2.24, 2.45) is 0 Å². The number of carbonyl (C=O) groups excluding carboxylic acids is 1. The van der Waals surface area contributed by atoms with Crippen molar-refractivity contribution in [2.75, 3.05) is 10.0 Å². The van der Waals surface area contributed by atoms with E-state index in [1.807, 2.05) is 6.92 Å². The Morgan fingerprint density at radius 1 is 1.23 bits per heavy atom. The van der Waals surface area contributed by atoms with Crippen molar-refractivity contribution in [3.63, 3.8) is 0 Å². The molecule has 2 aromatic heterocycles. The minimum atomic E-state index is -3.73. The fourth-order valence-electron chi connectivity index (χ4n) is 2.19. The Balaban J connectivity index is 1.79. The van der Waals surface area contributed by atoms with Crippen molar-refractivity contribution in [3.8, 4) is 5.75 Å². The summed E-state index contributed by atoms with van der Waals surface area (Å²) in [6.45, 7) is 1.82. The average Bonchev–Trinajstić information content (AvgIpc) is 3.12. The number of anilines is 2. The molecule has 0 aliphatic heterocycles. The second-order valence-corrected chi connectivity index (χ2v) is 8.27. The lowest BCUT2D eigenvalue weighted by Crippen LogP contribution is -2.14. The van der Waals surface area contributed by atoms with Crippen LogP contribution in [0, 0.1) is 6.92 Å². The van der Waals surface area contributed by atoms with Crippen LogP contribution in [-0.2, 0) is 10.0 Å². The van der Waals surface area contributed by atoms with E-state index in [1.165, 1.54) is 30.5 Å². The van der Waals surface area contributed by atoms with Crippen LogP contribution in [0.4, 0.5) is 11.4 Å². The molecule has 134 valence electrons. The van der Waals surface area contributed by atoms with E-state index in [1.54, 1.807) is 23.7 Å². The average molecular weight is 389 g/mol. The predicted octanol–water partition coefficient (Wildman–Crippen LogP) is 3.21. The third-order valence-electron chi connectivity index (χ3n) is 3.54. The number of phenolic OH excluding ortho intramolecular Hbond substituents is 1. The van der Waals surface area contributed by atoms with Gasteiger partial charge >= 0.3 is 0 Å². The van der Waals surface area contributed by atoms with Gasteiger partial charge in [-0.25, -0.2) is 8.42 Å². The van der Waals surface area contributed by atoms with Gasteiger partial charge in [-0.1, -0.05) is 6.07 Å². The standard InChI is InChI=1S/C17H15N3O4S2/c1-11-6-7-18-10-14(11)19-17(22)13-5-4-12(9-15(13)21)20-26(23,24)16-3-2-8-25-16/h2-10,20-21H,1H3,(H,19,22). The summed E-state index contributed by atoms with van der Waals surface area (Å²) >= 11 is 1.08. The Kier molecular flexibility index (Phi) is 4.92. The maximum atomic E-state index is 12.3. The second kappa shape index (κ2) is 7.14. The minimum Gasteiger partial charge on any atom is -0.507 e. The molecule has 0 radical (unpaired) electrons. The minimum absolute atomic E-state index is 0.0207. The quantitative estimate of drug-likeness (QED) is 0.621. The zero-order valence-electron chi connectivity index (χ0n) is 13.6. The van der Waals surface area contributed by atoms with E-state index in [-0.39, 0.29) is 21.2 Å². The molecular weight excluding hydrogens is 374 g/mol. The molecule has 1 aromatic carbocycles. The number of carbonyl (C=O) groups is 1. The predicted molar refractivity (Wildman–Crippen MR) is 100 cm³/mol. The van der Waals surface area contributed by atoms with Crippen LogP contribution in [-0.4, -0.2) is 24.4 Å². The number of nitrogens with one attached hydrogen (secondary N) is 2. The van der Waals surface area contributed by atoms with Gasteiger partial charge in [-0.05, 0) is 42.1 Å². The first-order valence-corrected chi connectivity index (χ1v) is 9.84. The molecule has 1 amide bonds. The third-order valence-corrected chi connectivity index (χ3v) is 6.32. The van der Waals surface area contributed by atoms with Gasteiger partial charge in [0, 0.05) is 12.3 Å². The summed E-state index contributed by atoms with van der Waals surface area (Å²) in [5, 5.41) is 14.4. The van der Waals surface area contributed by atoms with E-state index in [4.69, 9.17) is 0 Å². The number of benzene rings is 1. The molecule has 0 atom stereocenters. The number of amides is 1. The number of nitrogens with zero attached hydrogens (tertiary/aromatic N) is 1. The van der Waals surface area contributed by atoms with Crippen molar-refractivity contribution in [1.29, 1.82) is 0 Å². The van der Waals surface area contributed by atoms with Gasteiger partial charge < -0.3 is 10.4 Å². The van der Waals surface area contributed by atoms with E-state index >= 15 is 0 Å². The van der Waals surface area contributed by atoms with Crippen LogP contribution in [0.5, 0.6) is 5.75 Å². The van der Waals surface area contributed by atoms with E-state index in [2.05, 4.69) is 15.0 Å². The molecule has 7 nitrogen and oxygen atoms in total. The van der Waals surface area contributed by atoms with Gasteiger partial charge in [-0.3, -0.25) is 14.5 Å². The monoisotopic (exact) mass is 389 g/mol. The summed E-state index contributed by atoms with van der Waals surface area (Å²) in [4.78, 5) is 16.3. The van der Waals surface area contributed by atoms with E-state index in [0.717, 1.165) is 16.9 Å². The van der Waals surface area contributed by atoms with Gasteiger partial charge in [0.2, 0.25) is 0 Å². The normalized spacial score (nSPS) is 11.1. The molecule has 3 rings (SSSR count). The Hall–Kier alpha value is -2.91. The first-order chi connectivity index (χ1) is 12.4. The number of pyridine rings is 1. The first kappa shape index (κ1) is 17.9. The Morgan fingerprint density at radius 3 is 2.69 bits per heavy atom. The topological polar surface area (TPSA) is 108 Å². The van der Waals surface area contributed by atoms with Crippen molar-refractivity contribution in [2.45, 2.75) is 11.1 Å². The molecule has 0 bridgehead atoms. The molecule has 0 saturated heterocycles. The van der Waals surface area contributed by atoms with Crippen LogP contribution < -0.4 is 10.0 Å². The fourth-order valence-corrected chi connectivity index (χ4v) is 4.24. The number of hydrogen-bond donors (Lipinski definition) is 3. The molecular formula is C17H15N3O4S2. The number of aryl methyl sites for hydroxylation is 1. The van der Waals surface area contributed by atoms with Gasteiger partial charge in [-0.2, -0.15) is 0 Å². The number of phenols is 1. The van der Waals surface area contributed by atoms with Crippen LogP contribution in [0.3, 0.4) is 0 Å². The van der Waals surface area contributed by atoms with E-state index in [9.17, 15) is 18.3 Å². The number of aromatic nitrogens is 1. The highest BCUT2D eigenvalue weighted by atomic mass is 32.2. The lowest BCUT2D eigenvalue weighted by molar-refractivity contribution is 0.102. The van der Waals surface area contributed by atoms with Crippen molar-refractivity contribution >= 4 is 38.6 Å². The zero-order chi connectivity index (χ0) is 18.7. The zero-order valence-corrected chi connectivity index (χ0v) is 15.3. The second-order valence-electron chi connectivity index (χ2n) is 5.41. The fraction of sp³-hybridized carbons (Fsp3) is 0.0588. The van der Waals surface area contributed by atoms with Crippen molar-refractivity contribution in [1.82, 2.24) is 4.98 Å². The molecule has 0 aliphatic carbocycles. The number of rotatable bonds is 5. The van der Waals surface area contributed by atoms with Crippen LogP contribution in [0.2, 0.25) is 0 Å². The summed E-state index contributed by atoms with van der Waals surface area (Å²) in [6.07, 6.45) is 3.12. The Labute approximate surface area is 154 Å². The van der Waals surface area contributed by atoms with Crippen molar-refractivity contribution in [3.05, 3.63) is 65.3 Å². The summed E-state index contributed by atoms with van der Waals surface area (Å²) in [7, 11) is -3.73. The van der Waals surface area contributed by atoms with Gasteiger partial charge in [0.05, 0.1) is 23.1 Å². The number of aromatic hydroxyl groups is 1. The Bertz CT molecular complexity index is 1050. The molecule has 26 heavy (non-hydrogen) atoms. The lowest BCUT2D eigenvalue weighted by atomic mass is 10.1. The third kappa shape index (κ3) is 3.84. The van der Waals surface area contributed by atoms with E-state index < -0.39 is 15.9 Å². The van der Waals surface area contributed by atoms with Gasteiger partial charge in [0.1, 0.15) is 9.96 Å². The van der Waals surface area contributed by atoms with Crippen LogP contribution in [0.15, 0.2) is 58.4 Å².